The summed E-state index contributed by atoms with van der Waals surface area (Å²) in [6.45, 7) is 7.20. The van der Waals surface area contributed by atoms with Gasteiger partial charge in [0.2, 0.25) is 5.91 Å². The standard InChI is InChI=1S/C22H23FN4O2/c1-14-24-10-11-27(14)19-9-8-17(13-18(19)23)25-20(28)15-6-5-7-16(12-15)26-21(29)22(2,3)4/h5-13H,1-4H3,(H,25,28)(H,26,29). The van der Waals surface area contributed by atoms with E-state index >= 15 is 0 Å². The first-order valence-corrected chi connectivity index (χ1v) is 9.18. The molecule has 0 aliphatic heterocycles. The monoisotopic (exact) mass is 394 g/mol. The number of hydrogen-bond donors (Lipinski definition) is 2. The first kappa shape index (κ1) is 20.3. The average Bonchev–Trinajstić information content (AvgIpc) is 3.07. The van der Waals surface area contributed by atoms with Gasteiger partial charge in [-0.1, -0.05) is 26.8 Å². The normalized spacial score (nSPS) is 11.2. The number of rotatable bonds is 4. The highest BCUT2D eigenvalue weighted by molar-refractivity contribution is 6.05. The van der Waals surface area contributed by atoms with E-state index in [0.717, 1.165) is 0 Å². The van der Waals surface area contributed by atoms with Crippen molar-refractivity contribution in [1.82, 2.24) is 9.55 Å². The predicted octanol–water partition coefficient (Wildman–Crippen LogP) is 4.56. The summed E-state index contributed by atoms with van der Waals surface area (Å²) in [5.74, 6) is -0.366. The molecule has 0 fully saturated rings. The summed E-state index contributed by atoms with van der Waals surface area (Å²) < 4.78 is 16.1. The van der Waals surface area contributed by atoms with Crippen LogP contribution in [-0.2, 0) is 4.79 Å². The molecule has 1 heterocycles. The van der Waals surface area contributed by atoms with Crippen molar-refractivity contribution in [3.8, 4) is 5.69 Å². The zero-order valence-corrected chi connectivity index (χ0v) is 16.8. The van der Waals surface area contributed by atoms with Crippen LogP contribution >= 0.6 is 0 Å². The fraction of sp³-hybridized carbons (Fsp3) is 0.227. The maximum atomic E-state index is 14.5. The summed E-state index contributed by atoms with van der Waals surface area (Å²) in [5.41, 5.74) is 1.01. The molecule has 150 valence electrons. The second kappa shape index (κ2) is 7.87. The van der Waals surface area contributed by atoms with E-state index < -0.39 is 17.1 Å². The lowest BCUT2D eigenvalue weighted by atomic mass is 9.95. The van der Waals surface area contributed by atoms with Crippen molar-refractivity contribution in [2.45, 2.75) is 27.7 Å². The quantitative estimate of drug-likeness (QED) is 0.681. The Morgan fingerprint density at radius 1 is 1.03 bits per heavy atom. The van der Waals surface area contributed by atoms with Crippen molar-refractivity contribution in [2.24, 2.45) is 5.41 Å². The summed E-state index contributed by atoms with van der Waals surface area (Å²) in [6, 6.07) is 11.1. The van der Waals surface area contributed by atoms with E-state index in [1.807, 2.05) is 20.8 Å². The average molecular weight is 394 g/mol. The molecule has 0 aliphatic rings. The minimum absolute atomic E-state index is 0.150. The number of imidazole rings is 1. The molecule has 2 amide bonds. The molecule has 0 bridgehead atoms. The lowest BCUT2D eigenvalue weighted by molar-refractivity contribution is -0.123. The van der Waals surface area contributed by atoms with Crippen molar-refractivity contribution in [3.05, 3.63) is 72.1 Å². The summed E-state index contributed by atoms with van der Waals surface area (Å²) >= 11 is 0. The molecular weight excluding hydrogens is 371 g/mol. The smallest absolute Gasteiger partial charge is 0.255 e. The Kier molecular flexibility index (Phi) is 5.50. The Balaban J connectivity index is 1.75. The fourth-order valence-electron chi connectivity index (χ4n) is 2.67. The molecule has 0 unspecified atom stereocenters. The molecule has 3 aromatic rings. The highest BCUT2D eigenvalue weighted by atomic mass is 19.1. The predicted molar refractivity (Wildman–Crippen MR) is 111 cm³/mol. The first-order chi connectivity index (χ1) is 13.6. The Morgan fingerprint density at radius 3 is 2.38 bits per heavy atom. The maximum absolute atomic E-state index is 14.5. The highest BCUT2D eigenvalue weighted by Gasteiger charge is 2.21. The molecule has 0 saturated carbocycles. The van der Waals surface area contributed by atoms with Crippen LogP contribution in [0.2, 0.25) is 0 Å². The number of carbonyl (C=O) groups excluding carboxylic acids is 2. The number of nitrogens with zero attached hydrogens (tertiary/aromatic N) is 2. The third-order valence-electron chi connectivity index (χ3n) is 4.35. The minimum atomic E-state index is -0.550. The number of aromatic nitrogens is 2. The summed E-state index contributed by atoms with van der Waals surface area (Å²) in [7, 11) is 0. The Morgan fingerprint density at radius 2 is 1.76 bits per heavy atom. The summed E-state index contributed by atoms with van der Waals surface area (Å²) in [5, 5.41) is 5.47. The Bertz CT molecular complexity index is 1070. The first-order valence-electron chi connectivity index (χ1n) is 9.18. The van der Waals surface area contributed by atoms with Crippen molar-refractivity contribution in [3.63, 3.8) is 0 Å². The molecule has 0 spiro atoms. The number of nitrogens with one attached hydrogen (secondary N) is 2. The Labute approximate surface area is 168 Å². The zero-order valence-electron chi connectivity index (χ0n) is 16.8. The van der Waals surface area contributed by atoms with Crippen LogP contribution in [0.15, 0.2) is 54.9 Å². The van der Waals surface area contributed by atoms with E-state index in [-0.39, 0.29) is 5.91 Å². The largest absolute Gasteiger partial charge is 0.326 e. The van der Waals surface area contributed by atoms with Crippen LogP contribution in [0.25, 0.3) is 5.69 Å². The molecule has 0 aliphatic carbocycles. The molecule has 0 atom stereocenters. The third kappa shape index (κ3) is 4.68. The molecule has 0 saturated heterocycles. The van der Waals surface area contributed by atoms with Gasteiger partial charge in [-0.2, -0.15) is 0 Å². The molecule has 6 nitrogen and oxygen atoms in total. The van der Waals surface area contributed by atoms with Gasteiger partial charge in [0.1, 0.15) is 11.6 Å². The van der Waals surface area contributed by atoms with Gasteiger partial charge >= 0.3 is 0 Å². The van der Waals surface area contributed by atoms with Gasteiger partial charge in [-0.3, -0.25) is 9.59 Å². The van der Waals surface area contributed by atoms with Crippen molar-refractivity contribution in [2.75, 3.05) is 10.6 Å². The van der Waals surface area contributed by atoms with Crippen LogP contribution < -0.4 is 10.6 Å². The molecule has 2 aromatic carbocycles. The molecule has 0 radical (unpaired) electrons. The van der Waals surface area contributed by atoms with Crippen LogP contribution in [0, 0.1) is 18.2 Å². The van der Waals surface area contributed by atoms with E-state index in [1.54, 1.807) is 60.3 Å². The Hall–Kier alpha value is -3.48. The molecule has 7 heteroatoms. The lowest BCUT2D eigenvalue weighted by Crippen LogP contribution is -2.27. The van der Waals surface area contributed by atoms with Gasteiger partial charge < -0.3 is 15.2 Å². The van der Waals surface area contributed by atoms with E-state index in [2.05, 4.69) is 15.6 Å². The van der Waals surface area contributed by atoms with E-state index in [9.17, 15) is 14.0 Å². The van der Waals surface area contributed by atoms with Crippen LogP contribution in [0.1, 0.15) is 37.0 Å². The maximum Gasteiger partial charge on any atom is 0.255 e. The van der Waals surface area contributed by atoms with Crippen molar-refractivity contribution < 1.29 is 14.0 Å². The molecule has 2 N–H and O–H groups in total. The summed E-state index contributed by atoms with van der Waals surface area (Å²) in [6.07, 6.45) is 3.26. The van der Waals surface area contributed by atoms with E-state index in [0.29, 0.717) is 28.5 Å². The second-order valence-electron chi connectivity index (χ2n) is 7.75. The topological polar surface area (TPSA) is 76.0 Å². The van der Waals surface area contributed by atoms with Crippen LogP contribution in [0.5, 0.6) is 0 Å². The molecule has 1 aromatic heterocycles. The second-order valence-corrected chi connectivity index (χ2v) is 7.75. The minimum Gasteiger partial charge on any atom is -0.326 e. The molecule has 3 rings (SSSR count). The number of anilines is 2. The van der Waals surface area contributed by atoms with Crippen molar-refractivity contribution >= 4 is 23.2 Å². The van der Waals surface area contributed by atoms with Gasteiger partial charge in [-0.05, 0) is 43.3 Å². The van der Waals surface area contributed by atoms with Crippen LogP contribution in [0.3, 0.4) is 0 Å². The third-order valence-corrected chi connectivity index (χ3v) is 4.35. The van der Waals surface area contributed by atoms with Gasteiger partial charge in [0, 0.05) is 34.7 Å². The van der Waals surface area contributed by atoms with E-state index in [1.165, 1.54) is 6.07 Å². The van der Waals surface area contributed by atoms with Crippen LogP contribution in [-0.4, -0.2) is 21.4 Å². The lowest BCUT2D eigenvalue weighted by Gasteiger charge is -2.18. The molecular formula is C22H23FN4O2. The number of halogens is 1. The fourth-order valence-corrected chi connectivity index (χ4v) is 2.67. The van der Waals surface area contributed by atoms with Crippen molar-refractivity contribution in [1.29, 1.82) is 0 Å². The van der Waals surface area contributed by atoms with Gasteiger partial charge in [0.15, 0.2) is 0 Å². The van der Waals surface area contributed by atoms with Gasteiger partial charge in [-0.15, -0.1) is 0 Å². The van der Waals surface area contributed by atoms with E-state index in [4.69, 9.17) is 0 Å². The number of aryl methyl sites for hydroxylation is 1. The summed E-state index contributed by atoms with van der Waals surface area (Å²) in [4.78, 5) is 28.8. The van der Waals surface area contributed by atoms with Gasteiger partial charge in [0.25, 0.3) is 5.91 Å². The number of benzene rings is 2. The number of hydrogen-bond acceptors (Lipinski definition) is 3. The SMILES string of the molecule is Cc1nccn1-c1ccc(NC(=O)c2cccc(NC(=O)C(C)(C)C)c2)cc1F. The molecule has 29 heavy (non-hydrogen) atoms. The highest BCUT2D eigenvalue weighted by Crippen LogP contribution is 2.21. The number of amides is 2. The van der Waals surface area contributed by atoms with Crippen LogP contribution in [0.4, 0.5) is 15.8 Å². The zero-order chi connectivity index (χ0) is 21.2. The van der Waals surface area contributed by atoms with Gasteiger partial charge in [0.05, 0.1) is 5.69 Å². The van der Waals surface area contributed by atoms with Gasteiger partial charge in [-0.25, -0.2) is 9.37 Å². The number of carbonyl (C=O) groups is 2.